The van der Waals surface area contributed by atoms with E-state index in [9.17, 15) is 9.59 Å². The van der Waals surface area contributed by atoms with Crippen LogP contribution in [0, 0.1) is 0 Å². The number of hydrogen-bond acceptors (Lipinski definition) is 4. The van der Waals surface area contributed by atoms with Crippen molar-refractivity contribution in [2.75, 3.05) is 45.2 Å². The molecule has 1 heterocycles. The van der Waals surface area contributed by atoms with E-state index in [-0.39, 0.29) is 11.8 Å². The molecule has 2 aromatic carbocycles. The van der Waals surface area contributed by atoms with Crippen molar-refractivity contribution in [3.63, 3.8) is 0 Å². The quantitative estimate of drug-likeness (QED) is 0.747. The Morgan fingerprint density at radius 2 is 1.72 bits per heavy atom. The minimum absolute atomic E-state index is 0.0213. The molecule has 29 heavy (non-hydrogen) atoms. The van der Waals surface area contributed by atoms with Crippen molar-refractivity contribution in [2.24, 2.45) is 0 Å². The fourth-order valence-corrected chi connectivity index (χ4v) is 3.46. The van der Waals surface area contributed by atoms with E-state index in [1.165, 1.54) is 0 Å². The molecule has 0 unspecified atom stereocenters. The number of anilines is 1. The summed E-state index contributed by atoms with van der Waals surface area (Å²) in [5.74, 6) is 1.03. The number of carbonyl (C=O) groups is 2. The zero-order valence-electron chi connectivity index (χ0n) is 17.0. The van der Waals surface area contributed by atoms with E-state index in [2.05, 4.69) is 10.2 Å². The fraction of sp³-hybridized carbons (Fsp3) is 0.391. The van der Waals surface area contributed by atoms with Crippen LogP contribution in [0.1, 0.15) is 18.4 Å². The summed E-state index contributed by atoms with van der Waals surface area (Å²) in [5.41, 5.74) is 1.93. The third-order valence-electron chi connectivity index (χ3n) is 5.20. The van der Waals surface area contributed by atoms with Crippen LogP contribution in [0.3, 0.4) is 0 Å². The number of methoxy groups -OCH3 is 1. The average Bonchev–Trinajstić information content (AvgIpc) is 2.77. The third kappa shape index (κ3) is 6.61. The van der Waals surface area contributed by atoms with Crippen molar-refractivity contribution in [3.05, 3.63) is 60.2 Å². The van der Waals surface area contributed by atoms with Gasteiger partial charge in [-0.3, -0.25) is 14.5 Å². The maximum absolute atomic E-state index is 12.5. The summed E-state index contributed by atoms with van der Waals surface area (Å²) in [4.78, 5) is 28.8. The highest BCUT2D eigenvalue weighted by Crippen LogP contribution is 2.15. The zero-order chi connectivity index (χ0) is 20.5. The number of rotatable bonds is 8. The Kier molecular flexibility index (Phi) is 7.64. The molecule has 0 radical (unpaired) electrons. The number of carbonyl (C=O) groups excluding carboxylic acids is 2. The lowest BCUT2D eigenvalue weighted by atomic mass is 10.1. The summed E-state index contributed by atoms with van der Waals surface area (Å²) in [5, 5.41) is 2.91. The Balaban J connectivity index is 1.35. The molecule has 0 aliphatic carbocycles. The summed E-state index contributed by atoms with van der Waals surface area (Å²) < 4.78 is 5.23. The van der Waals surface area contributed by atoms with Crippen LogP contribution in [0.5, 0.6) is 5.75 Å². The van der Waals surface area contributed by atoms with Gasteiger partial charge in [0.2, 0.25) is 11.8 Å². The van der Waals surface area contributed by atoms with Gasteiger partial charge in [-0.1, -0.05) is 30.3 Å². The minimum Gasteiger partial charge on any atom is -0.497 e. The van der Waals surface area contributed by atoms with Gasteiger partial charge in [0.15, 0.2) is 0 Å². The number of nitrogens with zero attached hydrogens (tertiary/aromatic N) is 2. The number of benzene rings is 2. The van der Waals surface area contributed by atoms with Crippen LogP contribution in [0.4, 0.5) is 5.69 Å². The first-order chi connectivity index (χ1) is 14.1. The van der Waals surface area contributed by atoms with Crippen molar-refractivity contribution in [3.8, 4) is 5.75 Å². The molecule has 2 aromatic rings. The van der Waals surface area contributed by atoms with Crippen molar-refractivity contribution in [1.82, 2.24) is 9.80 Å². The molecule has 154 valence electrons. The number of aryl methyl sites for hydroxylation is 1. The third-order valence-corrected chi connectivity index (χ3v) is 5.20. The fourth-order valence-electron chi connectivity index (χ4n) is 3.46. The van der Waals surface area contributed by atoms with Gasteiger partial charge >= 0.3 is 0 Å². The monoisotopic (exact) mass is 395 g/mol. The van der Waals surface area contributed by atoms with E-state index >= 15 is 0 Å². The van der Waals surface area contributed by atoms with Crippen molar-refractivity contribution >= 4 is 17.5 Å². The Bertz CT molecular complexity index is 802. The molecule has 2 amide bonds. The Morgan fingerprint density at radius 1 is 0.966 bits per heavy atom. The lowest BCUT2D eigenvalue weighted by Gasteiger charge is -2.34. The maximum Gasteiger partial charge on any atom is 0.225 e. The van der Waals surface area contributed by atoms with E-state index in [4.69, 9.17) is 4.74 Å². The van der Waals surface area contributed by atoms with E-state index in [1.54, 1.807) is 7.11 Å². The highest BCUT2D eigenvalue weighted by molar-refractivity contribution is 5.90. The van der Waals surface area contributed by atoms with Crippen LogP contribution in [0.2, 0.25) is 0 Å². The second-order valence-electron chi connectivity index (χ2n) is 7.24. The van der Waals surface area contributed by atoms with Crippen LogP contribution >= 0.6 is 0 Å². The van der Waals surface area contributed by atoms with Crippen LogP contribution in [-0.2, 0) is 16.0 Å². The van der Waals surface area contributed by atoms with Gasteiger partial charge in [0.25, 0.3) is 0 Å². The maximum atomic E-state index is 12.5. The lowest BCUT2D eigenvalue weighted by Crippen LogP contribution is -2.49. The largest absolute Gasteiger partial charge is 0.497 e. The van der Waals surface area contributed by atoms with Crippen molar-refractivity contribution in [2.45, 2.75) is 19.3 Å². The number of hydrogen-bond donors (Lipinski definition) is 1. The number of nitrogens with one attached hydrogen (secondary N) is 1. The second kappa shape index (κ2) is 10.6. The topological polar surface area (TPSA) is 61.9 Å². The van der Waals surface area contributed by atoms with E-state index < -0.39 is 0 Å². The second-order valence-corrected chi connectivity index (χ2v) is 7.24. The van der Waals surface area contributed by atoms with Gasteiger partial charge in [-0.25, -0.2) is 0 Å². The molecule has 0 saturated carbocycles. The van der Waals surface area contributed by atoms with Gasteiger partial charge in [0, 0.05) is 51.3 Å². The molecule has 1 aliphatic rings. The van der Waals surface area contributed by atoms with Crippen LogP contribution in [0.25, 0.3) is 0 Å². The van der Waals surface area contributed by atoms with Gasteiger partial charge < -0.3 is 15.0 Å². The minimum atomic E-state index is 0.0213. The molecule has 1 aliphatic heterocycles. The van der Waals surface area contributed by atoms with E-state index in [1.807, 2.05) is 59.5 Å². The van der Waals surface area contributed by atoms with Crippen molar-refractivity contribution in [1.29, 1.82) is 0 Å². The molecule has 1 N–H and O–H groups in total. The Morgan fingerprint density at radius 3 is 2.45 bits per heavy atom. The summed E-state index contributed by atoms with van der Waals surface area (Å²) in [6, 6.07) is 17.4. The first kappa shape index (κ1) is 20.9. The highest BCUT2D eigenvalue weighted by atomic mass is 16.5. The molecule has 3 rings (SSSR count). The van der Waals surface area contributed by atoms with E-state index in [0.717, 1.165) is 49.6 Å². The SMILES string of the molecule is COc1cccc(CCC(=O)N2CCN(CCC(=O)Nc3ccccc3)CC2)c1. The summed E-state index contributed by atoms with van der Waals surface area (Å²) in [7, 11) is 1.65. The normalized spacial score (nSPS) is 14.4. The zero-order valence-corrected chi connectivity index (χ0v) is 17.0. The Hall–Kier alpha value is -2.86. The molecular formula is C23H29N3O3. The molecule has 0 aromatic heterocycles. The average molecular weight is 396 g/mol. The molecule has 0 spiro atoms. The number of para-hydroxylation sites is 1. The van der Waals surface area contributed by atoms with Gasteiger partial charge in [0.05, 0.1) is 7.11 Å². The molecular weight excluding hydrogens is 366 g/mol. The molecule has 1 fully saturated rings. The van der Waals surface area contributed by atoms with Crippen LogP contribution in [0.15, 0.2) is 54.6 Å². The lowest BCUT2D eigenvalue weighted by molar-refractivity contribution is -0.133. The predicted molar refractivity (Wildman–Crippen MR) is 114 cm³/mol. The first-order valence-corrected chi connectivity index (χ1v) is 10.1. The number of piperazine rings is 1. The smallest absolute Gasteiger partial charge is 0.225 e. The number of ether oxygens (including phenoxy) is 1. The molecule has 0 bridgehead atoms. The predicted octanol–water partition coefficient (Wildman–Crippen LogP) is 2.80. The summed E-state index contributed by atoms with van der Waals surface area (Å²) >= 11 is 0. The van der Waals surface area contributed by atoms with E-state index in [0.29, 0.717) is 19.4 Å². The van der Waals surface area contributed by atoms with Crippen molar-refractivity contribution < 1.29 is 14.3 Å². The van der Waals surface area contributed by atoms with Gasteiger partial charge in [0.1, 0.15) is 5.75 Å². The molecule has 1 saturated heterocycles. The van der Waals surface area contributed by atoms with Crippen LogP contribution in [-0.4, -0.2) is 61.4 Å². The van der Waals surface area contributed by atoms with Gasteiger partial charge in [-0.15, -0.1) is 0 Å². The summed E-state index contributed by atoms with van der Waals surface area (Å²) in [6.45, 7) is 3.77. The molecule has 6 nitrogen and oxygen atoms in total. The first-order valence-electron chi connectivity index (χ1n) is 10.1. The van der Waals surface area contributed by atoms with Gasteiger partial charge in [-0.2, -0.15) is 0 Å². The van der Waals surface area contributed by atoms with Crippen LogP contribution < -0.4 is 10.1 Å². The standard InChI is InChI=1S/C23H29N3O3/c1-29-21-9-5-6-19(18-21)10-11-23(28)26-16-14-25(15-17-26)13-12-22(27)24-20-7-3-2-4-8-20/h2-9,18H,10-17H2,1H3,(H,24,27). The number of amides is 2. The summed E-state index contributed by atoms with van der Waals surface area (Å²) in [6.07, 6.45) is 1.68. The molecule has 6 heteroatoms. The highest BCUT2D eigenvalue weighted by Gasteiger charge is 2.21. The Labute approximate surface area is 172 Å². The molecule has 0 atom stereocenters. The van der Waals surface area contributed by atoms with Gasteiger partial charge in [-0.05, 0) is 36.2 Å².